The van der Waals surface area contributed by atoms with Crippen molar-refractivity contribution in [2.24, 2.45) is 0 Å². The van der Waals surface area contributed by atoms with Gasteiger partial charge < -0.3 is 14.3 Å². The maximum atomic E-state index is 13.9. The van der Waals surface area contributed by atoms with Gasteiger partial charge in [0.15, 0.2) is 16.9 Å². The molecule has 32 heavy (non-hydrogen) atoms. The molecular formula is C24H15BrFNO5. The quantitative estimate of drug-likeness (QED) is 0.424. The van der Waals surface area contributed by atoms with E-state index >= 15 is 0 Å². The molecule has 2 heterocycles. The molecule has 1 aromatic heterocycles. The molecule has 0 aliphatic carbocycles. The number of methoxy groups -OCH3 is 1. The van der Waals surface area contributed by atoms with Crippen molar-refractivity contribution in [1.29, 1.82) is 0 Å². The van der Waals surface area contributed by atoms with E-state index in [0.29, 0.717) is 15.7 Å². The van der Waals surface area contributed by atoms with Gasteiger partial charge in [-0.05, 0) is 64.0 Å². The Balaban J connectivity index is 1.85. The van der Waals surface area contributed by atoms with Crippen LogP contribution in [0.3, 0.4) is 0 Å². The van der Waals surface area contributed by atoms with Crippen molar-refractivity contribution < 1.29 is 23.4 Å². The Kier molecular flexibility index (Phi) is 4.74. The first-order chi connectivity index (χ1) is 15.4. The Bertz CT molecular complexity index is 1450. The molecular weight excluding hydrogens is 481 g/mol. The van der Waals surface area contributed by atoms with Gasteiger partial charge in [0.2, 0.25) is 5.76 Å². The monoisotopic (exact) mass is 495 g/mol. The van der Waals surface area contributed by atoms with Crippen LogP contribution in [0.4, 0.5) is 10.1 Å². The second-order valence-corrected chi connectivity index (χ2v) is 8.14. The molecule has 1 aliphatic rings. The summed E-state index contributed by atoms with van der Waals surface area (Å²) < 4.78 is 25.3. The molecule has 6 nitrogen and oxygen atoms in total. The van der Waals surface area contributed by atoms with Gasteiger partial charge in [-0.1, -0.05) is 18.2 Å². The standard InChI is InChI=1S/C24H15BrFNO5/c1-31-18-10-12(9-16(25)22(18)29)20-19-21(28)15-11-13(26)7-8-17(15)32-23(19)24(30)27(20)14-5-3-2-4-6-14/h2-11,20,29H,1H3. The lowest BCUT2D eigenvalue weighted by Gasteiger charge is -2.26. The molecule has 0 spiro atoms. The molecule has 0 bridgehead atoms. The van der Waals surface area contributed by atoms with Gasteiger partial charge in [-0.2, -0.15) is 0 Å². The summed E-state index contributed by atoms with van der Waals surface area (Å²) in [5, 5.41) is 10.3. The van der Waals surface area contributed by atoms with E-state index in [2.05, 4.69) is 15.9 Å². The van der Waals surface area contributed by atoms with Gasteiger partial charge in [-0.3, -0.25) is 14.5 Å². The molecule has 1 aliphatic heterocycles. The predicted molar refractivity (Wildman–Crippen MR) is 120 cm³/mol. The third-order valence-electron chi connectivity index (χ3n) is 5.45. The summed E-state index contributed by atoms with van der Waals surface area (Å²) in [6.07, 6.45) is 0. The van der Waals surface area contributed by atoms with Crippen LogP contribution in [0.25, 0.3) is 11.0 Å². The van der Waals surface area contributed by atoms with E-state index in [-0.39, 0.29) is 33.8 Å². The van der Waals surface area contributed by atoms with Gasteiger partial charge in [0.05, 0.1) is 28.6 Å². The number of hydrogen-bond donors (Lipinski definition) is 1. The van der Waals surface area contributed by atoms with Gasteiger partial charge in [-0.25, -0.2) is 4.39 Å². The number of hydrogen-bond acceptors (Lipinski definition) is 5. The lowest BCUT2D eigenvalue weighted by atomic mass is 9.97. The molecule has 3 aromatic carbocycles. The summed E-state index contributed by atoms with van der Waals surface area (Å²) in [5.74, 6) is -1.13. The Morgan fingerprint density at radius 1 is 1.09 bits per heavy atom. The van der Waals surface area contributed by atoms with E-state index in [0.717, 1.165) is 6.07 Å². The first-order valence-corrected chi connectivity index (χ1v) is 10.4. The number of ether oxygens (including phenoxy) is 1. The van der Waals surface area contributed by atoms with Crippen LogP contribution in [0.2, 0.25) is 0 Å². The highest BCUT2D eigenvalue weighted by molar-refractivity contribution is 9.10. The van der Waals surface area contributed by atoms with Crippen LogP contribution in [-0.2, 0) is 0 Å². The van der Waals surface area contributed by atoms with E-state index in [1.807, 2.05) is 6.07 Å². The molecule has 160 valence electrons. The summed E-state index contributed by atoms with van der Waals surface area (Å²) in [5.41, 5.74) is 0.774. The number of para-hydroxylation sites is 1. The molecule has 0 fully saturated rings. The molecule has 5 rings (SSSR count). The number of carbonyl (C=O) groups excluding carboxylic acids is 1. The Labute approximate surface area is 189 Å². The van der Waals surface area contributed by atoms with Crippen LogP contribution < -0.4 is 15.1 Å². The summed E-state index contributed by atoms with van der Waals surface area (Å²) in [4.78, 5) is 28.4. The number of phenolic OH excluding ortho intramolecular Hbond substituents is 1. The van der Waals surface area contributed by atoms with Crippen LogP contribution in [0, 0.1) is 5.82 Å². The summed E-state index contributed by atoms with van der Waals surface area (Å²) >= 11 is 3.30. The summed E-state index contributed by atoms with van der Waals surface area (Å²) in [6.45, 7) is 0. The highest BCUT2D eigenvalue weighted by Crippen LogP contribution is 2.45. The highest BCUT2D eigenvalue weighted by atomic mass is 79.9. The van der Waals surface area contributed by atoms with E-state index < -0.39 is 23.2 Å². The van der Waals surface area contributed by atoms with Crippen LogP contribution in [0.15, 0.2) is 74.3 Å². The van der Waals surface area contributed by atoms with Crippen LogP contribution in [-0.4, -0.2) is 18.1 Å². The van der Waals surface area contributed by atoms with Gasteiger partial charge in [-0.15, -0.1) is 0 Å². The van der Waals surface area contributed by atoms with E-state index in [1.54, 1.807) is 36.4 Å². The lowest BCUT2D eigenvalue weighted by Crippen LogP contribution is -2.29. The van der Waals surface area contributed by atoms with E-state index in [1.165, 1.54) is 24.1 Å². The Hall–Kier alpha value is -3.65. The van der Waals surface area contributed by atoms with Crippen molar-refractivity contribution in [2.75, 3.05) is 12.0 Å². The van der Waals surface area contributed by atoms with Crippen LogP contribution in [0.1, 0.15) is 27.7 Å². The minimum Gasteiger partial charge on any atom is -0.503 e. The number of aromatic hydroxyl groups is 1. The zero-order valence-electron chi connectivity index (χ0n) is 16.6. The third-order valence-corrected chi connectivity index (χ3v) is 6.06. The first-order valence-electron chi connectivity index (χ1n) is 9.62. The zero-order valence-corrected chi connectivity index (χ0v) is 18.2. The molecule has 1 unspecified atom stereocenters. The van der Waals surface area contributed by atoms with Crippen molar-refractivity contribution in [3.05, 3.63) is 98.1 Å². The molecule has 0 radical (unpaired) electrons. The Morgan fingerprint density at radius 3 is 2.56 bits per heavy atom. The molecule has 0 saturated carbocycles. The lowest BCUT2D eigenvalue weighted by molar-refractivity contribution is 0.0971. The number of amides is 1. The fourth-order valence-electron chi connectivity index (χ4n) is 4.02. The maximum absolute atomic E-state index is 13.9. The van der Waals surface area contributed by atoms with Crippen molar-refractivity contribution in [3.8, 4) is 11.5 Å². The smallest absolute Gasteiger partial charge is 0.295 e. The topological polar surface area (TPSA) is 80.0 Å². The average molecular weight is 496 g/mol. The maximum Gasteiger partial charge on any atom is 0.295 e. The molecule has 1 atom stereocenters. The fraction of sp³-hybridized carbons (Fsp3) is 0.0833. The second-order valence-electron chi connectivity index (χ2n) is 7.28. The highest BCUT2D eigenvalue weighted by Gasteiger charge is 2.44. The average Bonchev–Trinajstić information content (AvgIpc) is 3.09. The molecule has 0 saturated heterocycles. The van der Waals surface area contributed by atoms with Crippen LogP contribution >= 0.6 is 15.9 Å². The molecule has 4 aromatic rings. The number of fused-ring (bicyclic) bond motifs is 2. The van der Waals surface area contributed by atoms with Gasteiger partial charge >= 0.3 is 0 Å². The molecule has 1 amide bonds. The van der Waals surface area contributed by atoms with Gasteiger partial charge in [0.25, 0.3) is 5.91 Å². The fourth-order valence-corrected chi connectivity index (χ4v) is 4.48. The minimum absolute atomic E-state index is 0.0428. The number of anilines is 1. The second kappa shape index (κ2) is 7.49. The SMILES string of the molecule is COc1cc(C2c3c(oc4ccc(F)cc4c3=O)C(=O)N2c2ccccc2)cc(Br)c1O. The summed E-state index contributed by atoms with van der Waals surface area (Å²) in [7, 11) is 1.40. The number of benzene rings is 3. The number of phenols is 1. The van der Waals surface area contributed by atoms with Crippen LogP contribution in [0.5, 0.6) is 11.5 Å². The van der Waals surface area contributed by atoms with Gasteiger partial charge in [0.1, 0.15) is 11.4 Å². The van der Waals surface area contributed by atoms with Crippen molar-refractivity contribution in [3.63, 3.8) is 0 Å². The zero-order chi connectivity index (χ0) is 22.6. The van der Waals surface area contributed by atoms with Crippen molar-refractivity contribution in [2.45, 2.75) is 6.04 Å². The number of rotatable bonds is 3. The molecule has 1 N–H and O–H groups in total. The Morgan fingerprint density at radius 2 is 1.84 bits per heavy atom. The van der Waals surface area contributed by atoms with E-state index in [9.17, 15) is 19.1 Å². The first kappa shape index (κ1) is 20.3. The normalized spacial score (nSPS) is 15.3. The van der Waals surface area contributed by atoms with Gasteiger partial charge in [0, 0.05) is 5.69 Å². The third kappa shape index (κ3) is 2.98. The van der Waals surface area contributed by atoms with E-state index in [4.69, 9.17) is 9.15 Å². The number of nitrogens with zero attached hydrogens (tertiary/aromatic N) is 1. The van der Waals surface area contributed by atoms with Crippen molar-refractivity contribution >= 4 is 38.5 Å². The largest absolute Gasteiger partial charge is 0.503 e. The number of carbonyl (C=O) groups is 1. The minimum atomic E-state index is -0.880. The number of halogens is 2. The molecule has 8 heteroatoms. The van der Waals surface area contributed by atoms with Crippen molar-refractivity contribution in [1.82, 2.24) is 0 Å². The summed E-state index contributed by atoms with van der Waals surface area (Å²) in [6, 6.07) is 14.7. The predicted octanol–water partition coefficient (Wildman–Crippen LogP) is 5.16.